The molecule has 0 unspecified atom stereocenters. The average Bonchev–Trinajstić information content (AvgIpc) is 2.53. The van der Waals surface area contributed by atoms with Crippen molar-refractivity contribution in [2.24, 2.45) is 0 Å². The largest absolute Gasteiger partial charge is 0.467 e. The molecule has 2 rings (SSSR count). The first kappa shape index (κ1) is 17.0. The van der Waals surface area contributed by atoms with Gasteiger partial charge in [0, 0.05) is 38.6 Å². The van der Waals surface area contributed by atoms with Crippen LogP contribution in [-0.4, -0.2) is 70.7 Å². The summed E-state index contributed by atoms with van der Waals surface area (Å²) in [5.41, 5.74) is -0.124. The third-order valence-corrected chi connectivity index (χ3v) is 3.28. The van der Waals surface area contributed by atoms with E-state index in [1.165, 1.54) is 19.5 Å². The molecule has 0 aromatic carbocycles. The summed E-state index contributed by atoms with van der Waals surface area (Å²) in [4.78, 5) is 35.5. The second-order valence-electron chi connectivity index (χ2n) is 6.22. The molecule has 8 nitrogen and oxygen atoms in total. The Bertz CT molecular complexity index is 560. The second-order valence-corrected chi connectivity index (χ2v) is 6.22. The number of piperazine rings is 1. The van der Waals surface area contributed by atoms with Crippen LogP contribution in [0.4, 0.5) is 4.79 Å². The van der Waals surface area contributed by atoms with E-state index in [4.69, 9.17) is 9.47 Å². The number of amides is 2. The highest BCUT2D eigenvalue weighted by molar-refractivity contribution is 5.93. The van der Waals surface area contributed by atoms with E-state index in [0.717, 1.165) is 0 Å². The lowest BCUT2D eigenvalue weighted by Gasteiger charge is -2.35. The van der Waals surface area contributed by atoms with Gasteiger partial charge in [-0.05, 0) is 20.8 Å². The maximum atomic E-state index is 12.4. The van der Waals surface area contributed by atoms with Crippen molar-refractivity contribution in [3.8, 4) is 6.01 Å². The number of aromatic nitrogens is 2. The number of carbonyl (C=O) groups excluding carboxylic acids is 2. The van der Waals surface area contributed by atoms with E-state index < -0.39 is 5.60 Å². The fourth-order valence-corrected chi connectivity index (χ4v) is 2.13. The molecule has 0 saturated carbocycles. The lowest BCUT2D eigenvalue weighted by atomic mass is 10.2. The van der Waals surface area contributed by atoms with Gasteiger partial charge in [-0.15, -0.1) is 0 Å². The lowest BCUT2D eigenvalue weighted by Crippen LogP contribution is -2.51. The van der Waals surface area contributed by atoms with Gasteiger partial charge in [0.1, 0.15) is 5.60 Å². The standard InChI is InChI=1S/C15H22N4O4/c1-15(2,3)23-14(21)19-7-5-18(6-8-19)12(20)11-9-16-13(22-4)17-10-11/h9-10H,5-8H2,1-4H3. The van der Waals surface area contributed by atoms with E-state index in [1.807, 2.05) is 20.8 Å². The van der Waals surface area contributed by atoms with Crippen molar-refractivity contribution in [1.82, 2.24) is 19.8 Å². The van der Waals surface area contributed by atoms with Crippen molar-refractivity contribution in [3.05, 3.63) is 18.0 Å². The highest BCUT2D eigenvalue weighted by atomic mass is 16.6. The van der Waals surface area contributed by atoms with Crippen molar-refractivity contribution in [2.75, 3.05) is 33.3 Å². The molecule has 1 aliphatic rings. The predicted molar refractivity (Wildman–Crippen MR) is 82.3 cm³/mol. The summed E-state index contributed by atoms with van der Waals surface area (Å²) >= 11 is 0. The SMILES string of the molecule is COc1ncc(C(=O)N2CCN(C(=O)OC(C)(C)C)CC2)cn1. The van der Waals surface area contributed by atoms with Crippen molar-refractivity contribution >= 4 is 12.0 Å². The molecule has 1 aliphatic heterocycles. The second kappa shape index (κ2) is 6.80. The summed E-state index contributed by atoms with van der Waals surface area (Å²) in [6.07, 6.45) is 2.53. The van der Waals surface area contributed by atoms with Gasteiger partial charge in [0.25, 0.3) is 5.91 Å². The minimum absolute atomic E-state index is 0.156. The van der Waals surface area contributed by atoms with Gasteiger partial charge < -0.3 is 19.3 Å². The zero-order valence-corrected chi connectivity index (χ0v) is 13.9. The topological polar surface area (TPSA) is 84.9 Å². The average molecular weight is 322 g/mol. The molecule has 8 heteroatoms. The third kappa shape index (κ3) is 4.54. The van der Waals surface area contributed by atoms with Crippen molar-refractivity contribution < 1.29 is 19.1 Å². The van der Waals surface area contributed by atoms with E-state index in [9.17, 15) is 9.59 Å². The Morgan fingerprint density at radius 1 is 1.04 bits per heavy atom. The van der Waals surface area contributed by atoms with Crippen LogP contribution in [0.5, 0.6) is 6.01 Å². The molecule has 0 atom stereocenters. The number of nitrogens with zero attached hydrogens (tertiary/aromatic N) is 4. The Balaban J connectivity index is 1.90. The Labute approximate surface area is 135 Å². The fraction of sp³-hybridized carbons (Fsp3) is 0.600. The van der Waals surface area contributed by atoms with E-state index in [1.54, 1.807) is 9.80 Å². The molecule has 0 bridgehead atoms. The van der Waals surface area contributed by atoms with E-state index in [2.05, 4.69) is 9.97 Å². The maximum Gasteiger partial charge on any atom is 0.410 e. The Hall–Kier alpha value is -2.38. The Kier molecular flexibility index (Phi) is 5.02. The molecule has 126 valence electrons. The van der Waals surface area contributed by atoms with Crippen LogP contribution in [0.25, 0.3) is 0 Å². The molecule has 1 aromatic rings. The van der Waals surface area contributed by atoms with Gasteiger partial charge in [0.15, 0.2) is 0 Å². The molecular formula is C15H22N4O4. The molecule has 1 saturated heterocycles. The van der Waals surface area contributed by atoms with Crippen LogP contribution in [0.2, 0.25) is 0 Å². The number of hydrogen-bond donors (Lipinski definition) is 0. The van der Waals surface area contributed by atoms with Crippen LogP contribution in [0, 0.1) is 0 Å². The van der Waals surface area contributed by atoms with E-state index >= 15 is 0 Å². The minimum atomic E-state index is -0.523. The predicted octanol–water partition coefficient (Wildman–Crippen LogP) is 1.18. The van der Waals surface area contributed by atoms with Gasteiger partial charge in [-0.1, -0.05) is 0 Å². The van der Waals surface area contributed by atoms with E-state index in [0.29, 0.717) is 31.7 Å². The minimum Gasteiger partial charge on any atom is -0.467 e. The molecule has 1 fully saturated rings. The molecule has 0 radical (unpaired) electrons. The van der Waals surface area contributed by atoms with Crippen molar-refractivity contribution in [2.45, 2.75) is 26.4 Å². The molecule has 23 heavy (non-hydrogen) atoms. The van der Waals surface area contributed by atoms with Gasteiger partial charge in [-0.3, -0.25) is 4.79 Å². The number of rotatable bonds is 2. The van der Waals surface area contributed by atoms with Crippen LogP contribution in [0.15, 0.2) is 12.4 Å². The number of ether oxygens (including phenoxy) is 2. The molecule has 1 aromatic heterocycles. The summed E-state index contributed by atoms with van der Waals surface area (Å²) < 4.78 is 10.2. The van der Waals surface area contributed by atoms with Crippen molar-refractivity contribution in [1.29, 1.82) is 0 Å². The Morgan fingerprint density at radius 3 is 2.04 bits per heavy atom. The highest BCUT2D eigenvalue weighted by Gasteiger charge is 2.28. The van der Waals surface area contributed by atoms with Gasteiger partial charge in [-0.2, -0.15) is 0 Å². The van der Waals surface area contributed by atoms with Crippen LogP contribution in [-0.2, 0) is 4.74 Å². The third-order valence-electron chi connectivity index (χ3n) is 3.28. The zero-order chi connectivity index (χ0) is 17.0. The van der Waals surface area contributed by atoms with E-state index in [-0.39, 0.29) is 18.0 Å². The van der Waals surface area contributed by atoms with Crippen LogP contribution >= 0.6 is 0 Å². The summed E-state index contributed by atoms with van der Waals surface area (Å²) in [6, 6.07) is 0.219. The summed E-state index contributed by atoms with van der Waals surface area (Å²) in [6.45, 7) is 7.26. The van der Waals surface area contributed by atoms with Gasteiger partial charge in [0.2, 0.25) is 0 Å². The zero-order valence-electron chi connectivity index (χ0n) is 13.9. The molecule has 0 spiro atoms. The first-order chi connectivity index (χ1) is 10.8. The number of carbonyl (C=O) groups is 2. The fourth-order valence-electron chi connectivity index (χ4n) is 2.13. The molecule has 2 heterocycles. The highest BCUT2D eigenvalue weighted by Crippen LogP contribution is 2.13. The maximum absolute atomic E-state index is 12.4. The number of methoxy groups -OCH3 is 1. The van der Waals surface area contributed by atoms with Gasteiger partial charge in [-0.25, -0.2) is 14.8 Å². The van der Waals surface area contributed by atoms with Crippen LogP contribution in [0.1, 0.15) is 31.1 Å². The lowest BCUT2D eigenvalue weighted by molar-refractivity contribution is 0.0140. The molecular weight excluding hydrogens is 300 g/mol. The van der Waals surface area contributed by atoms with Crippen LogP contribution < -0.4 is 4.74 Å². The van der Waals surface area contributed by atoms with Gasteiger partial charge in [0.05, 0.1) is 12.7 Å². The quantitative estimate of drug-likeness (QED) is 0.813. The number of hydrogen-bond acceptors (Lipinski definition) is 6. The monoisotopic (exact) mass is 322 g/mol. The molecule has 0 aliphatic carbocycles. The normalized spacial score (nSPS) is 15.3. The summed E-state index contributed by atoms with van der Waals surface area (Å²) in [5.74, 6) is -0.156. The first-order valence-electron chi connectivity index (χ1n) is 7.43. The molecule has 0 N–H and O–H groups in total. The first-order valence-corrected chi connectivity index (χ1v) is 7.43. The molecule has 2 amide bonds. The Morgan fingerprint density at radius 2 is 1.57 bits per heavy atom. The van der Waals surface area contributed by atoms with Gasteiger partial charge >= 0.3 is 12.1 Å². The smallest absolute Gasteiger partial charge is 0.410 e. The van der Waals surface area contributed by atoms with Crippen LogP contribution in [0.3, 0.4) is 0 Å². The summed E-state index contributed by atoms with van der Waals surface area (Å²) in [7, 11) is 1.46. The summed E-state index contributed by atoms with van der Waals surface area (Å²) in [5, 5.41) is 0. The van der Waals surface area contributed by atoms with Crippen molar-refractivity contribution in [3.63, 3.8) is 0 Å².